The highest BCUT2D eigenvalue weighted by molar-refractivity contribution is 9.10. The zero-order chi connectivity index (χ0) is 12.1. The van der Waals surface area contributed by atoms with Gasteiger partial charge in [-0.05, 0) is 18.2 Å². The van der Waals surface area contributed by atoms with Crippen LogP contribution in [0.3, 0.4) is 0 Å². The Labute approximate surface area is 106 Å². The summed E-state index contributed by atoms with van der Waals surface area (Å²) in [6, 6.07) is 7.31. The van der Waals surface area contributed by atoms with Gasteiger partial charge in [0.15, 0.2) is 6.61 Å². The van der Waals surface area contributed by atoms with E-state index in [-0.39, 0.29) is 12.5 Å². The fourth-order valence-corrected chi connectivity index (χ4v) is 1.60. The number of nitrogens with one attached hydrogen (secondary N) is 2. The second kappa shape index (κ2) is 5.49. The Balaban J connectivity index is 1.84. The molecular formula is C11H10BrN3O2. The van der Waals surface area contributed by atoms with E-state index in [4.69, 9.17) is 4.74 Å². The van der Waals surface area contributed by atoms with Crippen molar-refractivity contribution in [3.05, 3.63) is 41.1 Å². The lowest BCUT2D eigenvalue weighted by molar-refractivity contribution is -0.118. The van der Waals surface area contributed by atoms with Gasteiger partial charge in [0.25, 0.3) is 5.91 Å². The zero-order valence-electron chi connectivity index (χ0n) is 8.81. The monoisotopic (exact) mass is 295 g/mol. The Morgan fingerprint density at radius 1 is 1.53 bits per heavy atom. The summed E-state index contributed by atoms with van der Waals surface area (Å²) in [7, 11) is 0. The Bertz CT molecular complexity index is 499. The van der Waals surface area contributed by atoms with Crippen molar-refractivity contribution >= 4 is 27.5 Å². The third kappa shape index (κ3) is 3.60. The van der Waals surface area contributed by atoms with Crippen LogP contribution in [0.15, 0.2) is 41.1 Å². The number of anilines is 1. The summed E-state index contributed by atoms with van der Waals surface area (Å²) in [5.41, 5.74) is 0.618. The van der Waals surface area contributed by atoms with Crippen LogP contribution in [0, 0.1) is 0 Å². The number of hydrogen-bond donors (Lipinski definition) is 2. The number of carbonyl (C=O) groups is 1. The van der Waals surface area contributed by atoms with Gasteiger partial charge in [-0.3, -0.25) is 9.89 Å². The maximum atomic E-state index is 11.5. The molecule has 0 aliphatic heterocycles. The molecule has 2 aromatic rings. The molecule has 1 aromatic carbocycles. The molecule has 1 heterocycles. The quantitative estimate of drug-likeness (QED) is 0.909. The lowest BCUT2D eigenvalue weighted by Crippen LogP contribution is -2.19. The van der Waals surface area contributed by atoms with Crippen molar-refractivity contribution in [1.29, 1.82) is 0 Å². The Hall–Kier alpha value is -1.82. The van der Waals surface area contributed by atoms with Crippen molar-refractivity contribution in [3.8, 4) is 5.75 Å². The maximum Gasteiger partial charge on any atom is 0.262 e. The van der Waals surface area contributed by atoms with Crippen LogP contribution in [0.25, 0.3) is 0 Å². The third-order valence-electron chi connectivity index (χ3n) is 1.95. The highest BCUT2D eigenvalue weighted by Gasteiger charge is 2.04. The van der Waals surface area contributed by atoms with Gasteiger partial charge in [-0.15, -0.1) is 0 Å². The molecule has 5 nitrogen and oxygen atoms in total. The number of H-pyrrole nitrogens is 1. The largest absolute Gasteiger partial charge is 0.484 e. The van der Waals surface area contributed by atoms with E-state index in [1.54, 1.807) is 18.3 Å². The Kier molecular flexibility index (Phi) is 3.77. The summed E-state index contributed by atoms with van der Waals surface area (Å²) in [4.78, 5) is 11.5. The molecule has 0 saturated heterocycles. The molecule has 88 valence electrons. The first kappa shape index (κ1) is 11.7. The van der Waals surface area contributed by atoms with E-state index in [1.165, 1.54) is 6.20 Å². The van der Waals surface area contributed by atoms with Crippen LogP contribution in [-0.4, -0.2) is 22.7 Å². The number of ether oxygens (including phenoxy) is 1. The lowest BCUT2D eigenvalue weighted by Gasteiger charge is -2.06. The summed E-state index contributed by atoms with van der Waals surface area (Å²) in [6.07, 6.45) is 3.12. The van der Waals surface area contributed by atoms with Crippen LogP contribution in [0.1, 0.15) is 0 Å². The molecular weight excluding hydrogens is 286 g/mol. The molecule has 0 aliphatic carbocycles. The first-order valence-corrected chi connectivity index (χ1v) is 5.70. The highest BCUT2D eigenvalue weighted by atomic mass is 79.9. The number of benzene rings is 1. The number of nitrogens with zero attached hydrogens (tertiary/aromatic N) is 1. The van der Waals surface area contributed by atoms with Crippen LogP contribution in [-0.2, 0) is 4.79 Å². The minimum Gasteiger partial charge on any atom is -0.484 e. The van der Waals surface area contributed by atoms with Crippen LogP contribution < -0.4 is 10.1 Å². The number of aromatic nitrogens is 2. The molecule has 0 saturated carbocycles. The third-order valence-corrected chi connectivity index (χ3v) is 2.44. The van der Waals surface area contributed by atoms with Gasteiger partial charge < -0.3 is 10.1 Å². The molecule has 2 N–H and O–H groups in total. The van der Waals surface area contributed by atoms with E-state index in [9.17, 15) is 4.79 Å². The number of amides is 1. The number of aromatic amines is 1. The Morgan fingerprint density at radius 3 is 3.12 bits per heavy atom. The van der Waals surface area contributed by atoms with Crippen molar-refractivity contribution in [1.82, 2.24) is 10.2 Å². The second-order valence-corrected chi connectivity index (χ2v) is 4.20. The molecule has 6 heteroatoms. The second-order valence-electron chi connectivity index (χ2n) is 3.28. The average molecular weight is 296 g/mol. The van der Waals surface area contributed by atoms with Crippen molar-refractivity contribution in [2.45, 2.75) is 0 Å². The minimum absolute atomic E-state index is 0.0400. The average Bonchev–Trinajstić information content (AvgIpc) is 2.79. The molecule has 0 radical (unpaired) electrons. The van der Waals surface area contributed by atoms with Crippen molar-refractivity contribution in [3.63, 3.8) is 0 Å². The fraction of sp³-hybridized carbons (Fsp3) is 0.0909. The Morgan fingerprint density at radius 2 is 2.41 bits per heavy atom. The van der Waals surface area contributed by atoms with Crippen molar-refractivity contribution in [2.24, 2.45) is 0 Å². The van der Waals surface area contributed by atoms with Gasteiger partial charge in [-0.25, -0.2) is 0 Å². The van der Waals surface area contributed by atoms with Crippen LogP contribution in [0.2, 0.25) is 0 Å². The van der Waals surface area contributed by atoms with Crippen LogP contribution in [0.4, 0.5) is 5.69 Å². The number of halogens is 1. The van der Waals surface area contributed by atoms with Crippen molar-refractivity contribution < 1.29 is 9.53 Å². The predicted octanol–water partition coefficient (Wildman–Crippen LogP) is 2.19. The first-order chi connectivity index (χ1) is 8.24. The van der Waals surface area contributed by atoms with E-state index >= 15 is 0 Å². The van der Waals surface area contributed by atoms with E-state index in [2.05, 4.69) is 31.4 Å². The molecule has 0 unspecified atom stereocenters. The van der Waals surface area contributed by atoms with Crippen LogP contribution >= 0.6 is 15.9 Å². The standard InChI is InChI=1S/C11H10BrN3O2/c12-8-2-1-3-10(4-8)17-7-11(16)15-9-5-13-14-6-9/h1-6H,7H2,(H,13,14)(H,15,16). The smallest absolute Gasteiger partial charge is 0.262 e. The van der Waals surface area contributed by atoms with E-state index in [0.29, 0.717) is 11.4 Å². The molecule has 1 amide bonds. The number of rotatable bonds is 4. The molecule has 0 spiro atoms. The summed E-state index contributed by atoms with van der Waals surface area (Å²) in [5.74, 6) is 0.410. The van der Waals surface area contributed by atoms with Gasteiger partial charge in [0.2, 0.25) is 0 Å². The topological polar surface area (TPSA) is 67.0 Å². The van der Waals surface area contributed by atoms with Gasteiger partial charge in [-0.1, -0.05) is 22.0 Å². The summed E-state index contributed by atoms with van der Waals surface area (Å²) in [6.45, 7) is -0.0400. The van der Waals surface area contributed by atoms with Gasteiger partial charge in [0.1, 0.15) is 5.75 Å². The molecule has 0 atom stereocenters. The van der Waals surface area contributed by atoms with E-state index in [1.807, 2.05) is 12.1 Å². The van der Waals surface area contributed by atoms with Crippen LogP contribution in [0.5, 0.6) is 5.75 Å². The van der Waals surface area contributed by atoms with Gasteiger partial charge in [0, 0.05) is 10.7 Å². The molecule has 2 rings (SSSR count). The van der Waals surface area contributed by atoms with Gasteiger partial charge in [0.05, 0.1) is 11.9 Å². The fourth-order valence-electron chi connectivity index (χ4n) is 1.22. The highest BCUT2D eigenvalue weighted by Crippen LogP contribution is 2.17. The van der Waals surface area contributed by atoms with Gasteiger partial charge in [-0.2, -0.15) is 5.10 Å². The van der Waals surface area contributed by atoms with E-state index in [0.717, 1.165) is 4.47 Å². The number of carbonyl (C=O) groups excluding carboxylic acids is 1. The normalized spacial score (nSPS) is 9.94. The summed E-state index contributed by atoms with van der Waals surface area (Å²) in [5, 5.41) is 8.96. The molecule has 0 aliphatic rings. The summed E-state index contributed by atoms with van der Waals surface area (Å²) < 4.78 is 6.23. The summed E-state index contributed by atoms with van der Waals surface area (Å²) >= 11 is 3.32. The maximum absolute atomic E-state index is 11.5. The minimum atomic E-state index is -0.230. The number of hydrogen-bond acceptors (Lipinski definition) is 3. The van der Waals surface area contributed by atoms with Crippen molar-refractivity contribution in [2.75, 3.05) is 11.9 Å². The zero-order valence-corrected chi connectivity index (χ0v) is 10.4. The predicted molar refractivity (Wildman–Crippen MR) is 66.9 cm³/mol. The lowest BCUT2D eigenvalue weighted by atomic mass is 10.3. The SMILES string of the molecule is O=C(COc1cccc(Br)c1)Nc1cn[nH]c1. The molecule has 0 fully saturated rings. The molecule has 17 heavy (non-hydrogen) atoms. The first-order valence-electron chi connectivity index (χ1n) is 4.91. The molecule has 0 bridgehead atoms. The molecule has 1 aromatic heterocycles. The van der Waals surface area contributed by atoms with Gasteiger partial charge >= 0.3 is 0 Å². The van der Waals surface area contributed by atoms with E-state index < -0.39 is 0 Å².